The summed E-state index contributed by atoms with van der Waals surface area (Å²) < 4.78 is 5.36. The zero-order chi connectivity index (χ0) is 20.9. The second kappa shape index (κ2) is 8.92. The van der Waals surface area contributed by atoms with Crippen LogP contribution >= 0.6 is 0 Å². The Hall–Kier alpha value is -3.45. The summed E-state index contributed by atoms with van der Waals surface area (Å²) in [5, 5.41) is 9.67. The highest BCUT2D eigenvalue weighted by Crippen LogP contribution is 2.31. The van der Waals surface area contributed by atoms with Crippen LogP contribution in [0, 0.1) is 6.92 Å². The molecule has 0 radical (unpaired) electrons. The maximum atomic E-state index is 12.8. The Morgan fingerprint density at radius 1 is 1.17 bits per heavy atom. The lowest BCUT2D eigenvalue weighted by Crippen LogP contribution is -2.55. The van der Waals surface area contributed by atoms with Gasteiger partial charge in [0.25, 0.3) is 0 Å². The molecule has 7 heteroatoms. The maximum absolute atomic E-state index is 12.8. The fourth-order valence-electron chi connectivity index (χ4n) is 3.74. The summed E-state index contributed by atoms with van der Waals surface area (Å²) in [6, 6.07) is 19.0. The summed E-state index contributed by atoms with van der Waals surface area (Å²) in [5.41, 5.74) is 3.46. The number of carbonyl (C=O) groups excluding carboxylic acids is 2. The van der Waals surface area contributed by atoms with E-state index >= 15 is 0 Å². The van der Waals surface area contributed by atoms with E-state index in [1.807, 2.05) is 72.5 Å². The molecule has 2 amide bonds. The molecule has 154 valence electrons. The molecule has 0 aliphatic carbocycles. The van der Waals surface area contributed by atoms with Crippen LogP contribution in [-0.4, -0.2) is 41.0 Å². The van der Waals surface area contributed by atoms with Crippen LogP contribution in [0.4, 0.5) is 5.88 Å². The Bertz CT molecular complexity index is 1020. The third-order valence-electron chi connectivity index (χ3n) is 5.23. The fraction of sp³-hybridized carbons (Fsp3) is 0.261. The van der Waals surface area contributed by atoms with Gasteiger partial charge >= 0.3 is 0 Å². The normalized spacial score (nSPS) is 16.8. The van der Waals surface area contributed by atoms with Gasteiger partial charge < -0.3 is 9.84 Å². The average Bonchev–Trinajstić information content (AvgIpc) is 3.12. The first kappa shape index (κ1) is 19.8. The molecule has 4 rings (SSSR count). The molecule has 7 nitrogen and oxygen atoms in total. The number of piperazine rings is 1. The van der Waals surface area contributed by atoms with Crippen molar-refractivity contribution in [2.24, 2.45) is 0 Å². The van der Waals surface area contributed by atoms with E-state index in [2.05, 4.69) is 15.8 Å². The SMILES string of the molecule is Cc1noc(NC(=O)CC2C(=O)NCCN2Cc2ccccc2)c1-c1ccccc1. The fourth-order valence-corrected chi connectivity index (χ4v) is 3.74. The second-order valence-electron chi connectivity index (χ2n) is 7.35. The second-order valence-corrected chi connectivity index (χ2v) is 7.35. The highest BCUT2D eigenvalue weighted by molar-refractivity contribution is 5.97. The van der Waals surface area contributed by atoms with Crippen LogP contribution in [0.1, 0.15) is 17.7 Å². The molecule has 0 spiro atoms. The van der Waals surface area contributed by atoms with E-state index in [-0.39, 0.29) is 18.2 Å². The van der Waals surface area contributed by atoms with Gasteiger partial charge in [-0.15, -0.1) is 0 Å². The van der Waals surface area contributed by atoms with Crippen LogP contribution in [0.15, 0.2) is 65.2 Å². The highest BCUT2D eigenvalue weighted by atomic mass is 16.5. The first-order chi connectivity index (χ1) is 14.6. The van der Waals surface area contributed by atoms with Crippen molar-refractivity contribution < 1.29 is 14.1 Å². The lowest BCUT2D eigenvalue weighted by Gasteiger charge is -2.34. The minimum absolute atomic E-state index is 0.0344. The first-order valence-corrected chi connectivity index (χ1v) is 9.99. The van der Waals surface area contributed by atoms with E-state index in [9.17, 15) is 9.59 Å². The van der Waals surface area contributed by atoms with Gasteiger partial charge in [-0.05, 0) is 18.1 Å². The van der Waals surface area contributed by atoms with Gasteiger partial charge in [0.15, 0.2) is 0 Å². The van der Waals surface area contributed by atoms with Crippen LogP contribution in [0.25, 0.3) is 11.1 Å². The predicted octanol–water partition coefficient (Wildman–Crippen LogP) is 2.98. The van der Waals surface area contributed by atoms with Crippen LogP contribution in [0.5, 0.6) is 0 Å². The lowest BCUT2D eigenvalue weighted by atomic mass is 10.1. The van der Waals surface area contributed by atoms with E-state index in [0.29, 0.717) is 31.2 Å². The summed E-state index contributed by atoms with van der Waals surface area (Å²) in [7, 11) is 0. The molecular weight excluding hydrogens is 380 g/mol. The Morgan fingerprint density at radius 3 is 2.60 bits per heavy atom. The molecule has 1 unspecified atom stereocenters. The molecular formula is C23H24N4O3. The molecule has 2 N–H and O–H groups in total. The number of hydrogen-bond donors (Lipinski definition) is 2. The van der Waals surface area contributed by atoms with Crippen molar-refractivity contribution in [2.45, 2.75) is 25.9 Å². The van der Waals surface area contributed by atoms with E-state index in [1.54, 1.807) is 0 Å². The third kappa shape index (κ3) is 4.41. The zero-order valence-electron chi connectivity index (χ0n) is 16.8. The van der Waals surface area contributed by atoms with Gasteiger partial charge in [-0.3, -0.25) is 19.8 Å². The Morgan fingerprint density at radius 2 is 1.87 bits per heavy atom. The Balaban J connectivity index is 1.48. The topological polar surface area (TPSA) is 87.5 Å². The number of nitrogens with zero attached hydrogens (tertiary/aromatic N) is 2. The number of aryl methyl sites for hydroxylation is 1. The first-order valence-electron chi connectivity index (χ1n) is 9.99. The summed E-state index contributed by atoms with van der Waals surface area (Å²) >= 11 is 0. The Kier molecular flexibility index (Phi) is 5.90. The van der Waals surface area contributed by atoms with Gasteiger partial charge in [0, 0.05) is 19.6 Å². The minimum Gasteiger partial charge on any atom is -0.353 e. The van der Waals surface area contributed by atoms with Crippen LogP contribution in [-0.2, 0) is 16.1 Å². The number of amides is 2. The molecule has 1 aliphatic rings. The van der Waals surface area contributed by atoms with Crippen LogP contribution in [0.3, 0.4) is 0 Å². The summed E-state index contributed by atoms with van der Waals surface area (Å²) in [4.78, 5) is 27.4. The third-order valence-corrected chi connectivity index (χ3v) is 5.23. The number of hydrogen-bond acceptors (Lipinski definition) is 5. The molecule has 2 heterocycles. The molecule has 30 heavy (non-hydrogen) atoms. The van der Waals surface area contributed by atoms with Crippen molar-refractivity contribution in [2.75, 3.05) is 18.4 Å². The van der Waals surface area contributed by atoms with Gasteiger partial charge in [-0.2, -0.15) is 0 Å². The number of anilines is 1. The summed E-state index contributed by atoms with van der Waals surface area (Å²) in [6.07, 6.45) is 0.0344. The number of aromatic nitrogens is 1. The standard InChI is InChI=1S/C23H24N4O3/c1-16-21(18-10-6-3-7-11-18)23(30-26-16)25-20(28)14-19-22(29)24-12-13-27(19)15-17-8-4-2-5-9-17/h2-11,19H,12-15H2,1H3,(H,24,29)(H,25,28). The van der Waals surface area contributed by atoms with Gasteiger partial charge in [0.1, 0.15) is 0 Å². The van der Waals surface area contributed by atoms with Crippen molar-refractivity contribution in [1.29, 1.82) is 0 Å². The number of rotatable bonds is 6. The van der Waals surface area contributed by atoms with Crippen LogP contribution < -0.4 is 10.6 Å². The number of benzene rings is 2. The van der Waals surface area contributed by atoms with Gasteiger partial charge in [-0.1, -0.05) is 65.8 Å². The van der Waals surface area contributed by atoms with E-state index in [4.69, 9.17) is 4.52 Å². The van der Waals surface area contributed by atoms with Crippen molar-refractivity contribution in [1.82, 2.24) is 15.4 Å². The average molecular weight is 404 g/mol. The van der Waals surface area contributed by atoms with Crippen molar-refractivity contribution in [3.8, 4) is 11.1 Å². The molecule has 1 atom stereocenters. The molecule has 1 aromatic heterocycles. The summed E-state index contributed by atoms with van der Waals surface area (Å²) in [5.74, 6) is -0.123. The summed E-state index contributed by atoms with van der Waals surface area (Å²) in [6.45, 7) is 3.71. The van der Waals surface area contributed by atoms with E-state index < -0.39 is 6.04 Å². The van der Waals surface area contributed by atoms with Crippen molar-refractivity contribution in [3.05, 3.63) is 71.9 Å². The predicted molar refractivity (Wildman–Crippen MR) is 114 cm³/mol. The molecule has 0 saturated carbocycles. The Labute approximate surface area is 175 Å². The zero-order valence-corrected chi connectivity index (χ0v) is 16.8. The molecule has 3 aromatic rings. The molecule has 0 bridgehead atoms. The van der Waals surface area contributed by atoms with Crippen LogP contribution in [0.2, 0.25) is 0 Å². The maximum Gasteiger partial charge on any atom is 0.239 e. The lowest BCUT2D eigenvalue weighted by molar-refractivity contribution is -0.132. The minimum atomic E-state index is -0.539. The largest absolute Gasteiger partial charge is 0.353 e. The van der Waals surface area contributed by atoms with E-state index in [0.717, 1.165) is 16.7 Å². The molecule has 2 aromatic carbocycles. The molecule has 1 aliphatic heterocycles. The van der Waals surface area contributed by atoms with Gasteiger partial charge in [0.2, 0.25) is 17.7 Å². The molecule has 1 fully saturated rings. The van der Waals surface area contributed by atoms with E-state index in [1.165, 1.54) is 0 Å². The quantitative estimate of drug-likeness (QED) is 0.660. The van der Waals surface area contributed by atoms with Gasteiger partial charge in [0.05, 0.1) is 23.7 Å². The number of nitrogens with one attached hydrogen (secondary N) is 2. The van der Waals surface area contributed by atoms with Crippen molar-refractivity contribution >= 4 is 17.7 Å². The monoisotopic (exact) mass is 404 g/mol. The van der Waals surface area contributed by atoms with Crippen molar-refractivity contribution in [3.63, 3.8) is 0 Å². The highest BCUT2D eigenvalue weighted by Gasteiger charge is 2.32. The number of carbonyl (C=O) groups is 2. The van der Waals surface area contributed by atoms with Gasteiger partial charge in [-0.25, -0.2) is 0 Å². The molecule has 1 saturated heterocycles. The smallest absolute Gasteiger partial charge is 0.239 e.